The molecule has 2 aromatic heterocycles. The highest BCUT2D eigenvalue weighted by Gasteiger charge is 2.13. The topological polar surface area (TPSA) is 125 Å². The second kappa shape index (κ2) is 4.82. The molecule has 8 heteroatoms. The van der Waals surface area contributed by atoms with Crippen molar-refractivity contribution in [2.45, 2.75) is 6.54 Å². The molecule has 0 spiro atoms. The number of aromatic nitrogens is 4. The Labute approximate surface area is 119 Å². The molecule has 0 amide bonds. The van der Waals surface area contributed by atoms with Crippen molar-refractivity contribution in [3.63, 3.8) is 0 Å². The van der Waals surface area contributed by atoms with Crippen molar-refractivity contribution in [2.75, 3.05) is 18.6 Å². The summed E-state index contributed by atoms with van der Waals surface area (Å²) in [5.74, 6) is 0.935. The van der Waals surface area contributed by atoms with Crippen LogP contribution in [-0.4, -0.2) is 26.6 Å². The Morgan fingerprint density at radius 2 is 2.14 bits per heavy atom. The van der Waals surface area contributed by atoms with Gasteiger partial charge in [0, 0.05) is 0 Å². The van der Waals surface area contributed by atoms with Crippen molar-refractivity contribution in [1.82, 2.24) is 19.5 Å². The van der Waals surface area contributed by atoms with Crippen LogP contribution in [0.3, 0.4) is 0 Å². The molecule has 0 bridgehead atoms. The highest BCUT2D eigenvalue weighted by Crippen LogP contribution is 2.15. The average Bonchev–Trinajstić information content (AvgIpc) is 2.84. The van der Waals surface area contributed by atoms with Crippen molar-refractivity contribution >= 4 is 23.1 Å². The Kier molecular flexibility index (Phi) is 2.98. The summed E-state index contributed by atoms with van der Waals surface area (Å²) in [5, 5.41) is 0. The normalized spacial score (nSPS) is 10.9. The molecule has 0 aliphatic rings. The summed E-state index contributed by atoms with van der Waals surface area (Å²) in [5.41, 5.74) is 12.4. The van der Waals surface area contributed by atoms with Crippen LogP contribution in [0.4, 0.5) is 11.9 Å². The average molecular weight is 286 g/mol. The summed E-state index contributed by atoms with van der Waals surface area (Å²) >= 11 is 0. The third-order valence-electron chi connectivity index (χ3n) is 3.13. The molecule has 5 N–H and O–H groups in total. The van der Waals surface area contributed by atoms with Gasteiger partial charge in [-0.25, -0.2) is 4.98 Å². The van der Waals surface area contributed by atoms with Crippen LogP contribution in [0.1, 0.15) is 5.56 Å². The summed E-state index contributed by atoms with van der Waals surface area (Å²) in [4.78, 5) is 23.1. The van der Waals surface area contributed by atoms with Crippen LogP contribution in [0.25, 0.3) is 11.2 Å². The van der Waals surface area contributed by atoms with Crippen LogP contribution < -0.4 is 21.8 Å². The zero-order valence-electron chi connectivity index (χ0n) is 11.3. The van der Waals surface area contributed by atoms with Gasteiger partial charge in [-0.05, 0) is 17.7 Å². The van der Waals surface area contributed by atoms with Gasteiger partial charge in [0.1, 0.15) is 5.75 Å². The maximum atomic E-state index is 12.4. The van der Waals surface area contributed by atoms with E-state index in [1.54, 1.807) is 7.11 Å². The number of hydrogen-bond acceptors (Lipinski definition) is 6. The highest BCUT2D eigenvalue weighted by molar-refractivity contribution is 5.72. The number of nitrogens with two attached hydrogens (primary N) is 2. The lowest BCUT2D eigenvalue weighted by atomic mass is 10.2. The number of anilines is 2. The largest absolute Gasteiger partial charge is 0.497 e. The fraction of sp³-hybridized carbons (Fsp3) is 0.154. The van der Waals surface area contributed by atoms with E-state index in [1.807, 2.05) is 24.3 Å². The number of H-pyrrole nitrogens is 1. The Morgan fingerprint density at radius 3 is 2.90 bits per heavy atom. The van der Waals surface area contributed by atoms with E-state index < -0.39 is 0 Å². The van der Waals surface area contributed by atoms with Gasteiger partial charge in [0.15, 0.2) is 17.1 Å². The van der Waals surface area contributed by atoms with Gasteiger partial charge < -0.3 is 21.2 Å². The van der Waals surface area contributed by atoms with E-state index in [9.17, 15) is 4.79 Å². The molecule has 0 aliphatic carbocycles. The Balaban J connectivity index is 2.09. The third-order valence-corrected chi connectivity index (χ3v) is 3.13. The molecule has 0 fully saturated rings. The monoisotopic (exact) mass is 286 g/mol. The molecule has 8 nitrogen and oxygen atoms in total. The number of ether oxygens (including phenoxy) is 1. The second-order valence-electron chi connectivity index (χ2n) is 4.53. The van der Waals surface area contributed by atoms with E-state index in [-0.39, 0.29) is 35.2 Å². The molecule has 21 heavy (non-hydrogen) atoms. The number of benzene rings is 1. The van der Waals surface area contributed by atoms with Gasteiger partial charge in [0.25, 0.3) is 5.56 Å². The van der Waals surface area contributed by atoms with Crippen molar-refractivity contribution in [2.24, 2.45) is 0 Å². The summed E-state index contributed by atoms with van der Waals surface area (Å²) < 4.78 is 6.50. The minimum Gasteiger partial charge on any atom is -0.497 e. The number of methoxy groups -OCH3 is 1. The van der Waals surface area contributed by atoms with Crippen molar-refractivity contribution in [3.8, 4) is 5.75 Å². The lowest BCUT2D eigenvalue weighted by Gasteiger charge is -2.09. The Hall–Kier alpha value is -3.03. The molecule has 3 rings (SSSR count). The smallest absolute Gasteiger partial charge is 0.283 e. The summed E-state index contributed by atoms with van der Waals surface area (Å²) in [6, 6.07) is 7.37. The number of rotatable bonds is 3. The maximum absolute atomic E-state index is 12.4. The molecule has 1 aromatic carbocycles. The van der Waals surface area contributed by atoms with Gasteiger partial charge in [0.2, 0.25) is 5.95 Å². The molecular formula is C13H14N6O2. The van der Waals surface area contributed by atoms with Gasteiger partial charge >= 0.3 is 0 Å². The highest BCUT2D eigenvalue weighted by atomic mass is 16.5. The van der Waals surface area contributed by atoms with Crippen LogP contribution in [-0.2, 0) is 6.54 Å². The first-order valence-corrected chi connectivity index (χ1v) is 6.23. The lowest BCUT2D eigenvalue weighted by Crippen LogP contribution is -2.25. The first-order chi connectivity index (χ1) is 10.1. The summed E-state index contributed by atoms with van der Waals surface area (Å²) in [6.45, 7) is 0.275. The lowest BCUT2D eigenvalue weighted by molar-refractivity contribution is 0.414. The number of nitrogen functional groups attached to an aromatic ring is 2. The van der Waals surface area contributed by atoms with Gasteiger partial charge in [0.05, 0.1) is 13.7 Å². The number of fused-ring (bicyclic) bond motifs is 1. The molecule has 3 aromatic rings. The first kappa shape index (κ1) is 13.0. The van der Waals surface area contributed by atoms with E-state index in [0.29, 0.717) is 5.75 Å². The molecule has 0 saturated carbocycles. The third kappa shape index (κ3) is 2.27. The summed E-state index contributed by atoms with van der Waals surface area (Å²) in [7, 11) is 1.58. The maximum Gasteiger partial charge on any atom is 0.283 e. The second-order valence-corrected chi connectivity index (χ2v) is 4.53. The zero-order valence-corrected chi connectivity index (χ0v) is 11.3. The number of nitrogens with zero attached hydrogens (tertiary/aromatic N) is 3. The molecule has 0 aliphatic heterocycles. The predicted octanol–water partition coefficient (Wildman–Crippen LogP) is 0.341. The molecule has 2 heterocycles. The minimum absolute atomic E-state index is 0.0963. The molecule has 0 atom stereocenters. The Bertz CT molecular complexity index is 867. The van der Waals surface area contributed by atoms with E-state index in [1.165, 1.54) is 4.57 Å². The fourth-order valence-corrected chi connectivity index (χ4v) is 2.12. The molecular weight excluding hydrogens is 272 g/mol. The van der Waals surface area contributed by atoms with E-state index in [2.05, 4.69) is 15.0 Å². The van der Waals surface area contributed by atoms with Crippen molar-refractivity contribution in [1.29, 1.82) is 0 Å². The van der Waals surface area contributed by atoms with Crippen molar-refractivity contribution < 1.29 is 4.74 Å². The summed E-state index contributed by atoms with van der Waals surface area (Å²) in [6.07, 6.45) is 0. The van der Waals surface area contributed by atoms with Gasteiger partial charge in [-0.1, -0.05) is 12.1 Å². The number of aromatic amines is 1. The van der Waals surface area contributed by atoms with Crippen molar-refractivity contribution in [3.05, 3.63) is 40.2 Å². The Morgan fingerprint density at radius 1 is 1.33 bits per heavy atom. The quantitative estimate of drug-likeness (QED) is 0.637. The molecule has 0 radical (unpaired) electrons. The molecule has 0 unspecified atom stereocenters. The van der Waals surface area contributed by atoms with E-state index in [4.69, 9.17) is 16.2 Å². The van der Waals surface area contributed by atoms with Crippen LogP contribution >= 0.6 is 0 Å². The number of hydrogen-bond donors (Lipinski definition) is 3. The van der Waals surface area contributed by atoms with Gasteiger partial charge in [-0.15, -0.1) is 0 Å². The van der Waals surface area contributed by atoms with E-state index in [0.717, 1.165) is 5.56 Å². The number of imidazole rings is 1. The van der Waals surface area contributed by atoms with Gasteiger partial charge in [-0.3, -0.25) is 9.36 Å². The minimum atomic E-state index is -0.340. The first-order valence-electron chi connectivity index (χ1n) is 6.23. The molecule has 108 valence electrons. The van der Waals surface area contributed by atoms with Gasteiger partial charge in [-0.2, -0.15) is 4.98 Å². The van der Waals surface area contributed by atoms with Crippen LogP contribution in [0, 0.1) is 0 Å². The molecule has 0 saturated heterocycles. The van der Waals surface area contributed by atoms with Crippen LogP contribution in [0.15, 0.2) is 29.1 Å². The zero-order chi connectivity index (χ0) is 15.0. The number of nitrogens with one attached hydrogen (secondary N) is 1. The predicted molar refractivity (Wildman–Crippen MR) is 79.1 cm³/mol. The SMILES string of the molecule is COc1cccc(Cn2c(N)nc3[nH]c(N)nc3c2=O)c1. The standard InChI is InChI=1S/C13H14N6O2/c1-21-8-4-2-3-7(5-8)6-19-11(20)9-10(18-13(19)15)17-12(14)16-9/h2-5H,6H2,1H3,(H2,15,18)(H3,14,16,17). The van der Waals surface area contributed by atoms with Crippen LogP contribution in [0.5, 0.6) is 5.75 Å². The van der Waals surface area contributed by atoms with Crippen LogP contribution in [0.2, 0.25) is 0 Å². The fourth-order valence-electron chi connectivity index (χ4n) is 2.12. The van der Waals surface area contributed by atoms with E-state index >= 15 is 0 Å².